The van der Waals surface area contributed by atoms with Crippen LogP contribution in [0.1, 0.15) is 49.5 Å². The molecule has 0 spiro atoms. The lowest BCUT2D eigenvalue weighted by atomic mass is 10.1. The Morgan fingerprint density at radius 2 is 2.15 bits per heavy atom. The molecule has 0 saturated carbocycles. The van der Waals surface area contributed by atoms with Crippen LogP contribution in [0.2, 0.25) is 0 Å². The van der Waals surface area contributed by atoms with Crippen molar-refractivity contribution in [2.75, 3.05) is 6.54 Å². The van der Waals surface area contributed by atoms with Crippen molar-refractivity contribution in [3.63, 3.8) is 0 Å². The van der Waals surface area contributed by atoms with E-state index in [1.54, 1.807) is 10.4 Å². The number of hydrogen-bond donors (Lipinski definition) is 1. The van der Waals surface area contributed by atoms with Crippen molar-refractivity contribution in [3.8, 4) is 0 Å². The van der Waals surface area contributed by atoms with Crippen molar-refractivity contribution in [1.29, 1.82) is 0 Å². The lowest BCUT2D eigenvalue weighted by molar-refractivity contribution is 0.315. The first-order chi connectivity index (χ1) is 9.50. The Hall–Kier alpha value is -0.430. The van der Waals surface area contributed by atoms with Gasteiger partial charge in [0.15, 0.2) is 0 Å². The first kappa shape index (κ1) is 15.9. The maximum atomic E-state index is 12.9. The van der Waals surface area contributed by atoms with Gasteiger partial charge in [0.2, 0.25) is 0 Å². The summed E-state index contributed by atoms with van der Waals surface area (Å²) in [6, 6.07) is 1.92. The van der Waals surface area contributed by atoms with Crippen molar-refractivity contribution < 1.29 is 8.42 Å². The molecule has 2 heterocycles. The second kappa shape index (κ2) is 6.56. The van der Waals surface area contributed by atoms with Gasteiger partial charge in [-0.1, -0.05) is 19.8 Å². The molecule has 1 fully saturated rings. The molecule has 1 aromatic heterocycles. The molecule has 2 rings (SSSR count). The Morgan fingerprint density at radius 3 is 2.75 bits per heavy atom. The fourth-order valence-electron chi connectivity index (χ4n) is 2.81. The topological polar surface area (TPSA) is 63.4 Å². The fourth-order valence-corrected chi connectivity index (χ4v) is 6.17. The Kier molecular flexibility index (Phi) is 5.23. The summed E-state index contributed by atoms with van der Waals surface area (Å²) in [5, 5.41) is 0. The van der Waals surface area contributed by atoms with E-state index in [0.29, 0.717) is 17.3 Å². The summed E-state index contributed by atoms with van der Waals surface area (Å²) in [6.45, 7) is 5.06. The van der Waals surface area contributed by atoms with Gasteiger partial charge in [0.25, 0.3) is 10.0 Å². The van der Waals surface area contributed by atoms with Crippen molar-refractivity contribution in [1.82, 2.24) is 4.31 Å². The van der Waals surface area contributed by atoms with Crippen LogP contribution in [0.3, 0.4) is 0 Å². The minimum absolute atomic E-state index is 0.145. The molecule has 0 bridgehead atoms. The van der Waals surface area contributed by atoms with Crippen LogP contribution in [0.25, 0.3) is 0 Å². The highest BCUT2D eigenvalue weighted by Gasteiger charge is 2.32. The molecule has 1 aliphatic rings. The maximum Gasteiger partial charge on any atom is 0.252 e. The summed E-state index contributed by atoms with van der Waals surface area (Å²) < 4.78 is 28.0. The molecule has 4 nitrogen and oxygen atoms in total. The van der Waals surface area contributed by atoms with E-state index in [1.165, 1.54) is 11.3 Å². The molecule has 114 valence electrons. The molecule has 6 heteroatoms. The maximum absolute atomic E-state index is 12.9. The zero-order valence-electron chi connectivity index (χ0n) is 12.3. The van der Waals surface area contributed by atoms with E-state index in [9.17, 15) is 8.42 Å². The third-order valence-corrected chi connectivity index (χ3v) is 7.70. The lowest BCUT2D eigenvalue weighted by Gasteiger charge is -2.27. The fraction of sp³-hybridized carbons (Fsp3) is 0.714. The SMILES string of the molecule is CCC1CCCCCN1S(=O)(=O)c1cc(C)c(CN)s1. The van der Waals surface area contributed by atoms with Gasteiger partial charge in [-0.2, -0.15) is 4.31 Å². The van der Waals surface area contributed by atoms with E-state index in [4.69, 9.17) is 5.73 Å². The molecule has 1 atom stereocenters. The smallest absolute Gasteiger partial charge is 0.252 e. The van der Waals surface area contributed by atoms with Crippen LogP contribution in [-0.4, -0.2) is 25.3 Å². The first-order valence-corrected chi connectivity index (χ1v) is 9.57. The van der Waals surface area contributed by atoms with E-state index < -0.39 is 10.0 Å². The molecule has 0 amide bonds. The van der Waals surface area contributed by atoms with Gasteiger partial charge >= 0.3 is 0 Å². The van der Waals surface area contributed by atoms with Gasteiger partial charge in [-0.3, -0.25) is 0 Å². The Morgan fingerprint density at radius 1 is 1.40 bits per heavy atom. The van der Waals surface area contributed by atoms with Crippen LogP contribution in [0.5, 0.6) is 0 Å². The highest BCUT2D eigenvalue weighted by atomic mass is 32.2. The molecule has 0 radical (unpaired) electrons. The highest BCUT2D eigenvalue weighted by molar-refractivity contribution is 7.91. The predicted molar refractivity (Wildman–Crippen MR) is 83.4 cm³/mol. The van der Waals surface area contributed by atoms with Crippen LogP contribution in [0.4, 0.5) is 0 Å². The largest absolute Gasteiger partial charge is 0.326 e. The summed E-state index contributed by atoms with van der Waals surface area (Å²) in [4.78, 5) is 0.964. The second-order valence-electron chi connectivity index (χ2n) is 5.40. The third kappa shape index (κ3) is 3.08. The number of rotatable bonds is 4. The molecule has 0 aliphatic carbocycles. The number of hydrogen-bond acceptors (Lipinski definition) is 4. The molecular formula is C14H24N2O2S2. The van der Waals surface area contributed by atoms with Crippen LogP contribution < -0.4 is 5.73 Å². The quantitative estimate of drug-likeness (QED) is 0.929. The molecule has 0 aromatic carbocycles. The van der Waals surface area contributed by atoms with Gasteiger partial charge in [-0.05, 0) is 37.8 Å². The predicted octanol–water partition coefficient (Wildman–Crippen LogP) is 2.86. The zero-order chi connectivity index (χ0) is 14.8. The normalized spacial score (nSPS) is 21.9. The molecule has 20 heavy (non-hydrogen) atoms. The van der Waals surface area contributed by atoms with Gasteiger partial charge in [0, 0.05) is 24.0 Å². The summed E-state index contributed by atoms with van der Waals surface area (Å²) in [5.74, 6) is 0. The summed E-state index contributed by atoms with van der Waals surface area (Å²) >= 11 is 1.32. The van der Waals surface area contributed by atoms with Crippen molar-refractivity contribution in [2.24, 2.45) is 5.73 Å². The molecule has 1 aliphatic heterocycles. The summed E-state index contributed by atoms with van der Waals surface area (Å²) in [5.41, 5.74) is 6.65. The number of sulfonamides is 1. The Labute approximate surface area is 126 Å². The average molecular weight is 316 g/mol. The van der Waals surface area contributed by atoms with Gasteiger partial charge in [0.1, 0.15) is 4.21 Å². The van der Waals surface area contributed by atoms with E-state index >= 15 is 0 Å². The van der Waals surface area contributed by atoms with Crippen molar-refractivity contribution in [2.45, 2.75) is 62.7 Å². The highest BCUT2D eigenvalue weighted by Crippen LogP contribution is 2.32. The molecule has 1 aromatic rings. The minimum atomic E-state index is -3.36. The van der Waals surface area contributed by atoms with E-state index in [1.807, 2.05) is 6.92 Å². The van der Waals surface area contributed by atoms with E-state index in [2.05, 4.69) is 6.92 Å². The Balaban J connectivity index is 2.35. The van der Waals surface area contributed by atoms with Crippen LogP contribution in [0.15, 0.2) is 10.3 Å². The third-order valence-electron chi connectivity index (χ3n) is 4.04. The molecular weight excluding hydrogens is 292 g/mol. The molecule has 2 N–H and O–H groups in total. The van der Waals surface area contributed by atoms with Crippen LogP contribution in [-0.2, 0) is 16.6 Å². The number of aryl methyl sites for hydroxylation is 1. The second-order valence-corrected chi connectivity index (χ2v) is 8.66. The van der Waals surface area contributed by atoms with Gasteiger partial charge < -0.3 is 5.73 Å². The van der Waals surface area contributed by atoms with E-state index in [0.717, 1.165) is 42.5 Å². The number of nitrogens with zero attached hydrogens (tertiary/aromatic N) is 1. The average Bonchev–Trinajstić information content (AvgIpc) is 2.66. The number of thiophene rings is 1. The van der Waals surface area contributed by atoms with Gasteiger partial charge in [-0.15, -0.1) is 11.3 Å². The Bertz CT molecular complexity index is 552. The van der Waals surface area contributed by atoms with Crippen LogP contribution in [0, 0.1) is 6.92 Å². The molecule has 1 unspecified atom stereocenters. The van der Waals surface area contributed by atoms with E-state index in [-0.39, 0.29) is 6.04 Å². The minimum Gasteiger partial charge on any atom is -0.326 e. The lowest BCUT2D eigenvalue weighted by Crippen LogP contribution is -2.39. The number of nitrogens with two attached hydrogens (primary N) is 1. The molecule has 1 saturated heterocycles. The zero-order valence-corrected chi connectivity index (χ0v) is 13.9. The van der Waals surface area contributed by atoms with Gasteiger partial charge in [0.05, 0.1) is 0 Å². The van der Waals surface area contributed by atoms with Crippen LogP contribution >= 0.6 is 11.3 Å². The summed E-state index contributed by atoms with van der Waals surface area (Å²) in [7, 11) is -3.36. The van der Waals surface area contributed by atoms with Crippen molar-refractivity contribution >= 4 is 21.4 Å². The summed E-state index contributed by atoms with van der Waals surface area (Å²) in [6.07, 6.45) is 5.07. The first-order valence-electron chi connectivity index (χ1n) is 7.32. The van der Waals surface area contributed by atoms with Gasteiger partial charge in [-0.25, -0.2) is 8.42 Å². The monoisotopic (exact) mass is 316 g/mol. The standard InChI is InChI=1S/C14H24N2O2S2/c1-3-12-7-5-4-6-8-16(12)20(17,18)14-9-11(2)13(10-15)19-14/h9,12H,3-8,10,15H2,1-2H3. The van der Waals surface area contributed by atoms with Crippen molar-refractivity contribution in [3.05, 3.63) is 16.5 Å².